The fraction of sp³-hybridized carbons (Fsp3) is 0.267. The second-order valence-corrected chi connectivity index (χ2v) is 11.5. The molecule has 0 spiro atoms. The van der Waals surface area contributed by atoms with Crippen LogP contribution in [0.1, 0.15) is 33.9 Å². The quantitative estimate of drug-likeness (QED) is 0.190. The molecule has 1 amide bonds. The van der Waals surface area contributed by atoms with E-state index in [-0.39, 0.29) is 5.91 Å². The van der Waals surface area contributed by atoms with E-state index in [0.717, 1.165) is 43.0 Å². The van der Waals surface area contributed by atoms with Crippen molar-refractivity contribution in [3.05, 3.63) is 94.6 Å². The Morgan fingerprint density at radius 2 is 1.85 bits per heavy atom. The number of amides is 1. The van der Waals surface area contributed by atoms with Crippen LogP contribution >= 0.6 is 23.1 Å². The summed E-state index contributed by atoms with van der Waals surface area (Å²) in [5.41, 5.74) is 2.70. The molecular formula is C30H29N5O3S2. The zero-order valence-electron chi connectivity index (χ0n) is 22.1. The van der Waals surface area contributed by atoms with E-state index >= 15 is 0 Å². The van der Waals surface area contributed by atoms with Gasteiger partial charge in [0.05, 0.1) is 24.8 Å². The first-order valence-electron chi connectivity index (χ1n) is 13.2. The van der Waals surface area contributed by atoms with E-state index in [1.54, 1.807) is 13.4 Å². The van der Waals surface area contributed by atoms with Gasteiger partial charge in [-0.1, -0.05) is 54.2 Å². The average molecular weight is 572 g/mol. The Kier molecular flexibility index (Phi) is 7.97. The summed E-state index contributed by atoms with van der Waals surface area (Å²) in [6, 6.07) is 22.0. The Hall–Kier alpha value is -3.89. The van der Waals surface area contributed by atoms with Crippen LogP contribution in [0.15, 0.2) is 87.9 Å². The maximum Gasteiger partial charge on any atom is 0.273 e. The summed E-state index contributed by atoms with van der Waals surface area (Å²) in [7, 11) is 1.64. The average Bonchev–Trinajstić information content (AvgIpc) is 3.78. The Labute approximate surface area is 241 Å². The van der Waals surface area contributed by atoms with E-state index in [1.807, 2.05) is 51.2 Å². The van der Waals surface area contributed by atoms with Gasteiger partial charge in [-0.15, -0.1) is 21.5 Å². The standard InChI is InChI=1S/C30H29N5O3S2/c1-37-25-11-6-5-10-24(25)35-28(26-12-7-17-38-26)32-33-30(35)40-20-27-31-23(19-39-27)29(36)34-15-13-22(14-16-34)18-21-8-3-2-4-9-21/h2-12,17,19,22H,13-16,18,20H2,1H3. The third-order valence-electron chi connectivity index (χ3n) is 7.07. The molecule has 3 aromatic heterocycles. The molecule has 0 radical (unpaired) electrons. The van der Waals surface area contributed by atoms with Gasteiger partial charge in [0.2, 0.25) is 5.82 Å². The molecule has 0 saturated carbocycles. The lowest BCUT2D eigenvalue weighted by Gasteiger charge is -2.31. The lowest BCUT2D eigenvalue weighted by molar-refractivity contribution is 0.0685. The number of methoxy groups -OCH3 is 1. The minimum absolute atomic E-state index is 0.0166. The molecule has 204 valence electrons. The van der Waals surface area contributed by atoms with E-state index < -0.39 is 0 Å². The largest absolute Gasteiger partial charge is 0.495 e. The number of furan rings is 1. The number of para-hydroxylation sites is 2. The normalized spacial score (nSPS) is 14.0. The van der Waals surface area contributed by atoms with E-state index in [4.69, 9.17) is 9.15 Å². The summed E-state index contributed by atoms with van der Waals surface area (Å²) in [5.74, 6) is 3.08. The lowest BCUT2D eigenvalue weighted by atomic mass is 9.90. The number of likely N-dealkylation sites (tertiary alicyclic amines) is 1. The molecule has 0 atom stereocenters. The number of hydrogen-bond acceptors (Lipinski definition) is 8. The third kappa shape index (κ3) is 5.68. The summed E-state index contributed by atoms with van der Waals surface area (Å²) in [6.07, 6.45) is 4.72. The lowest BCUT2D eigenvalue weighted by Crippen LogP contribution is -2.39. The van der Waals surface area contributed by atoms with Crippen LogP contribution in [0.3, 0.4) is 0 Å². The van der Waals surface area contributed by atoms with E-state index in [9.17, 15) is 4.79 Å². The first-order chi connectivity index (χ1) is 19.7. The molecule has 0 aliphatic carbocycles. The number of nitrogens with zero attached hydrogens (tertiary/aromatic N) is 5. The van der Waals surface area contributed by atoms with Crippen molar-refractivity contribution in [1.82, 2.24) is 24.6 Å². The molecule has 4 heterocycles. The van der Waals surface area contributed by atoms with Crippen LogP contribution in [0.2, 0.25) is 0 Å². The summed E-state index contributed by atoms with van der Waals surface area (Å²) in [4.78, 5) is 19.8. The maximum absolute atomic E-state index is 13.2. The van der Waals surface area contributed by atoms with Crippen LogP contribution in [-0.2, 0) is 12.2 Å². The minimum atomic E-state index is 0.0166. The number of aromatic nitrogens is 4. The SMILES string of the molecule is COc1ccccc1-n1c(SCc2nc(C(=O)N3CCC(Cc4ccccc4)CC3)cs2)nnc1-c1ccco1. The zero-order valence-corrected chi connectivity index (χ0v) is 23.7. The number of piperidine rings is 1. The molecule has 2 aromatic carbocycles. The molecule has 1 saturated heterocycles. The molecular weight excluding hydrogens is 542 g/mol. The minimum Gasteiger partial charge on any atom is -0.495 e. The predicted octanol–water partition coefficient (Wildman–Crippen LogP) is 6.38. The van der Waals surface area contributed by atoms with Gasteiger partial charge in [0, 0.05) is 18.5 Å². The molecule has 0 N–H and O–H groups in total. The summed E-state index contributed by atoms with van der Waals surface area (Å²) < 4.78 is 13.2. The van der Waals surface area contributed by atoms with Crippen LogP contribution in [0.25, 0.3) is 17.3 Å². The van der Waals surface area contributed by atoms with Crippen molar-refractivity contribution in [3.63, 3.8) is 0 Å². The number of ether oxygens (including phenoxy) is 1. The molecule has 10 heteroatoms. The fourth-order valence-corrected chi connectivity index (χ4v) is 6.74. The van der Waals surface area contributed by atoms with Gasteiger partial charge >= 0.3 is 0 Å². The van der Waals surface area contributed by atoms with Gasteiger partial charge in [0.15, 0.2) is 10.9 Å². The van der Waals surface area contributed by atoms with Gasteiger partial charge in [0.1, 0.15) is 16.5 Å². The van der Waals surface area contributed by atoms with Crippen LogP contribution in [-0.4, -0.2) is 50.8 Å². The van der Waals surface area contributed by atoms with E-state index in [0.29, 0.717) is 39.9 Å². The van der Waals surface area contributed by atoms with E-state index in [2.05, 4.69) is 45.5 Å². The Balaban J connectivity index is 1.12. The van der Waals surface area contributed by atoms with Gasteiger partial charge in [-0.05, 0) is 55.0 Å². The van der Waals surface area contributed by atoms with Crippen LogP contribution in [0.4, 0.5) is 0 Å². The van der Waals surface area contributed by atoms with Gasteiger partial charge < -0.3 is 14.1 Å². The summed E-state index contributed by atoms with van der Waals surface area (Å²) >= 11 is 3.01. The molecule has 40 heavy (non-hydrogen) atoms. The van der Waals surface area contributed by atoms with Crippen molar-refractivity contribution >= 4 is 29.0 Å². The smallest absolute Gasteiger partial charge is 0.273 e. The third-order valence-corrected chi connectivity index (χ3v) is 9.04. The Morgan fingerprint density at radius 1 is 1.05 bits per heavy atom. The first kappa shape index (κ1) is 26.3. The van der Waals surface area contributed by atoms with Crippen LogP contribution < -0.4 is 4.74 Å². The number of hydrogen-bond donors (Lipinski definition) is 0. The number of carbonyl (C=O) groups excluding carboxylic acids is 1. The van der Waals surface area contributed by atoms with Crippen molar-refractivity contribution in [3.8, 4) is 23.0 Å². The number of benzene rings is 2. The fourth-order valence-electron chi connectivity index (χ4n) is 5.01. The molecule has 1 fully saturated rings. The topological polar surface area (TPSA) is 86.3 Å². The van der Waals surface area contributed by atoms with Crippen molar-refractivity contribution in [1.29, 1.82) is 0 Å². The number of thiazole rings is 1. The highest BCUT2D eigenvalue weighted by Crippen LogP contribution is 2.34. The molecule has 1 aliphatic heterocycles. The Morgan fingerprint density at radius 3 is 2.62 bits per heavy atom. The summed E-state index contributed by atoms with van der Waals surface area (Å²) in [5, 5.41) is 12.3. The van der Waals surface area contributed by atoms with Gasteiger partial charge in [-0.2, -0.15) is 0 Å². The first-order valence-corrected chi connectivity index (χ1v) is 15.1. The van der Waals surface area contributed by atoms with Crippen LogP contribution in [0.5, 0.6) is 5.75 Å². The predicted molar refractivity (Wildman–Crippen MR) is 156 cm³/mol. The molecule has 1 aliphatic rings. The highest BCUT2D eigenvalue weighted by molar-refractivity contribution is 7.98. The van der Waals surface area contributed by atoms with Crippen molar-refractivity contribution < 1.29 is 13.9 Å². The van der Waals surface area contributed by atoms with Gasteiger partial charge in [0.25, 0.3) is 5.91 Å². The van der Waals surface area contributed by atoms with Gasteiger partial charge in [-0.3, -0.25) is 9.36 Å². The van der Waals surface area contributed by atoms with Crippen molar-refractivity contribution in [2.24, 2.45) is 5.92 Å². The monoisotopic (exact) mass is 571 g/mol. The number of thioether (sulfide) groups is 1. The van der Waals surface area contributed by atoms with E-state index in [1.165, 1.54) is 28.7 Å². The van der Waals surface area contributed by atoms with Crippen molar-refractivity contribution in [2.75, 3.05) is 20.2 Å². The molecule has 5 aromatic rings. The molecule has 8 nitrogen and oxygen atoms in total. The highest BCUT2D eigenvalue weighted by atomic mass is 32.2. The summed E-state index contributed by atoms with van der Waals surface area (Å²) in [6.45, 7) is 1.55. The molecule has 0 unspecified atom stereocenters. The van der Waals surface area contributed by atoms with Crippen molar-refractivity contribution in [2.45, 2.75) is 30.2 Å². The number of rotatable bonds is 9. The molecule has 0 bridgehead atoms. The highest BCUT2D eigenvalue weighted by Gasteiger charge is 2.26. The second kappa shape index (κ2) is 12.1. The van der Waals surface area contributed by atoms with Gasteiger partial charge in [-0.25, -0.2) is 4.98 Å². The zero-order chi connectivity index (χ0) is 27.3. The Bertz CT molecular complexity index is 1560. The number of carbonyl (C=O) groups is 1. The second-order valence-electron chi connectivity index (χ2n) is 9.63. The van der Waals surface area contributed by atoms with Crippen LogP contribution in [0, 0.1) is 5.92 Å². The molecule has 6 rings (SSSR count). The maximum atomic E-state index is 13.2.